The summed E-state index contributed by atoms with van der Waals surface area (Å²) in [5.74, 6) is -0.0719. The van der Waals surface area contributed by atoms with E-state index in [0.717, 1.165) is 19.5 Å². The predicted octanol–water partition coefficient (Wildman–Crippen LogP) is 1.79. The Morgan fingerprint density at radius 1 is 1.33 bits per heavy atom. The molecule has 1 atom stereocenters. The Kier molecular flexibility index (Phi) is 8.01. The molecule has 4 heteroatoms. The lowest BCUT2D eigenvalue weighted by Gasteiger charge is -2.18. The van der Waals surface area contributed by atoms with Crippen molar-refractivity contribution in [3.05, 3.63) is 0 Å². The number of hydrogen-bond donors (Lipinski definition) is 1. The highest BCUT2D eigenvalue weighted by Gasteiger charge is 2.15. The number of esters is 1. The highest BCUT2D eigenvalue weighted by Crippen LogP contribution is 2.10. The summed E-state index contributed by atoms with van der Waals surface area (Å²) in [6.45, 7) is 9.09. The van der Waals surface area contributed by atoms with E-state index in [-0.39, 0.29) is 5.97 Å². The fraction of sp³-hybridized carbons (Fsp3) is 0.929. The molecule has 0 bridgehead atoms. The van der Waals surface area contributed by atoms with Crippen LogP contribution < -0.4 is 5.32 Å². The molecule has 1 heterocycles. The molecule has 1 N–H and O–H groups in total. The van der Waals surface area contributed by atoms with Crippen molar-refractivity contribution >= 4 is 5.97 Å². The zero-order valence-corrected chi connectivity index (χ0v) is 11.9. The number of carbonyl (C=O) groups is 1. The van der Waals surface area contributed by atoms with E-state index in [1.165, 1.54) is 32.4 Å². The second-order valence-electron chi connectivity index (χ2n) is 4.92. The zero-order valence-electron chi connectivity index (χ0n) is 11.9. The third-order valence-corrected chi connectivity index (χ3v) is 3.56. The Bertz CT molecular complexity index is 234. The van der Waals surface area contributed by atoms with Gasteiger partial charge in [0.2, 0.25) is 0 Å². The summed E-state index contributed by atoms with van der Waals surface area (Å²) in [7, 11) is 0. The zero-order chi connectivity index (χ0) is 13.2. The molecule has 0 aromatic carbocycles. The lowest BCUT2D eigenvalue weighted by Crippen LogP contribution is -2.31. The van der Waals surface area contributed by atoms with Gasteiger partial charge in [-0.05, 0) is 58.8 Å². The van der Waals surface area contributed by atoms with Crippen molar-refractivity contribution in [3.63, 3.8) is 0 Å². The van der Waals surface area contributed by atoms with Crippen LogP contribution >= 0.6 is 0 Å². The van der Waals surface area contributed by atoms with Crippen molar-refractivity contribution < 1.29 is 9.53 Å². The van der Waals surface area contributed by atoms with Crippen molar-refractivity contribution in [2.75, 3.05) is 32.8 Å². The summed E-state index contributed by atoms with van der Waals surface area (Å²) in [6, 6.07) is 0.628. The SMILES string of the molecule is CCOC(=O)CCCNC1CCCN(CC)CC1. The van der Waals surface area contributed by atoms with Crippen LogP contribution in [0.15, 0.2) is 0 Å². The molecule has 1 aliphatic heterocycles. The Hall–Kier alpha value is -0.610. The molecule has 18 heavy (non-hydrogen) atoms. The van der Waals surface area contributed by atoms with Crippen molar-refractivity contribution in [3.8, 4) is 0 Å². The maximum Gasteiger partial charge on any atom is 0.305 e. The van der Waals surface area contributed by atoms with Crippen LogP contribution in [-0.4, -0.2) is 49.7 Å². The van der Waals surface area contributed by atoms with Gasteiger partial charge in [-0.1, -0.05) is 6.92 Å². The summed E-state index contributed by atoms with van der Waals surface area (Å²) >= 11 is 0. The van der Waals surface area contributed by atoms with Crippen LogP contribution in [-0.2, 0) is 9.53 Å². The molecule has 0 radical (unpaired) electrons. The molecule has 1 rings (SSSR count). The second kappa shape index (κ2) is 9.34. The predicted molar refractivity (Wildman–Crippen MR) is 73.6 cm³/mol. The number of carbonyl (C=O) groups excluding carboxylic acids is 1. The Morgan fingerprint density at radius 3 is 2.89 bits per heavy atom. The van der Waals surface area contributed by atoms with E-state index in [9.17, 15) is 4.79 Å². The van der Waals surface area contributed by atoms with Crippen LogP contribution in [0.2, 0.25) is 0 Å². The lowest BCUT2D eigenvalue weighted by molar-refractivity contribution is -0.143. The van der Waals surface area contributed by atoms with E-state index in [4.69, 9.17) is 4.74 Å². The maximum atomic E-state index is 11.2. The first-order valence-electron chi connectivity index (χ1n) is 7.37. The Labute approximate surface area is 111 Å². The molecule has 1 aliphatic rings. The van der Waals surface area contributed by atoms with Gasteiger partial charge < -0.3 is 15.0 Å². The van der Waals surface area contributed by atoms with Crippen molar-refractivity contribution in [1.82, 2.24) is 10.2 Å². The summed E-state index contributed by atoms with van der Waals surface area (Å²) in [5.41, 5.74) is 0. The molecular formula is C14H28N2O2. The molecule has 0 amide bonds. The minimum absolute atomic E-state index is 0.0719. The standard InChI is InChI=1S/C14H28N2O2/c1-3-16-11-6-7-13(9-12-16)15-10-5-8-14(17)18-4-2/h13,15H,3-12H2,1-2H3. The number of nitrogens with one attached hydrogen (secondary N) is 1. The molecule has 0 aromatic rings. The van der Waals surface area contributed by atoms with Crippen molar-refractivity contribution in [1.29, 1.82) is 0 Å². The first-order chi connectivity index (χ1) is 8.76. The summed E-state index contributed by atoms with van der Waals surface area (Å²) in [6.07, 6.45) is 5.19. The van der Waals surface area contributed by atoms with Crippen molar-refractivity contribution in [2.24, 2.45) is 0 Å². The number of nitrogens with zero attached hydrogens (tertiary/aromatic N) is 1. The maximum absolute atomic E-state index is 11.2. The van der Waals surface area contributed by atoms with E-state index < -0.39 is 0 Å². The van der Waals surface area contributed by atoms with Crippen LogP contribution in [0.4, 0.5) is 0 Å². The van der Waals surface area contributed by atoms with E-state index in [0.29, 0.717) is 19.1 Å². The van der Waals surface area contributed by atoms with Gasteiger partial charge in [0.15, 0.2) is 0 Å². The molecule has 0 spiro atoms. The van der Waals surface area contributed by atoms with Gasteiger partial charge in [0.1, 0.15) is 0 Å². The van der Waals surface area contributed by atoms with Gasteiger partial charge in [0, 0.05) is 12.5 Å². The molecule has 0 aliphatic carbocycles. The van der Waals surface area contributed by atoms with Crippen LogP contribution in [0.5, 0.6) is 0 Å². The van der Waals surface area contributed by atoms with Gasteiger partial charge in [-0.25, -0.2) is 0 Å². The van der Waals surface area contributed by atoms with Gasteiger partial charge in [-0.3, -0.25) is 4.79 Å². The quantitative estimate of drug-likeness (QED) is 0.557. The van der Waals surface area contributed by atoms with E-state index in [2.05, 4.69) is 17.1 Å². The minimum atomic E-state index is -0.0719. The van der Waals surface area contributed by atoms with Gasteiger partial charge in [0.05, 0.1) is 6.61 Å². The molecule has 0 saturated carbocycles. The number of ether oxygens (including phenoxy) is 1. The number of hydrogen-bond acceptors (Lipinski definition) is 4. The fourth-order valence-electron chi connectivity index (χ4n) is 2.45. The van der Waals surface area contributed by atoms with Crippen LogP contribution in [0.1, 0.15) is 46.0 Å². The van der Waals surface area contributed by atoms with E-state index >= 15 is 0 Å². The van der Waals surface area contributed by atoms with Crippen molar-refractivity contribution in [2.45, 2.75) is 52.0 Å². The first kappa shape index (κ1) is 15.4. The molecule has 0 aromatic heterocycles. The summed E-state index contributed by atoms with van der Waals surface area (Å²) in [4.78, 5) is 13.7. The van der Waals surface area contributed by atoms with Gasteiger partial charge >= 0.3 is 5.97 Å². The lowest BCUT2D eigenvalue weighted by atomic mass is 10.1. The normalized spacial score (nSPS) is 21.6. The highest BCUT2D eigenvalue weighted by molar-refractivity contribution is 5.69. The number of rotatable bonds is 7. The minimum Gasteiger partial charge on any atom is -0.466 e. The van der Waals surface area contributed by atoms with Crippen LogP contribution in [0, 0.1) is 0 Å². The van der Waals surface area contributed by atoms with E-state index in [1.54, 1.807) is 0 Å². The Balaban J connectivity index is 2.06. The first-order valence-corrected chi connectivity index (χ1v) is 7.37. The van der Waals surface area contributed by atoms with Gasteiger partial charge in [-0.15, -0.1) is 0 Å². The average Bonchev–Trinajstić information content (AvgIpc) is 2.60. The molecule has 106 valence electrons. The number of likely N-dealkylation sites (tertiary alicyclic amines) is 1. The fourth-order valence-corrected chi connectivity index (χ4v) is 2.45. The largest absolute Gasteiger partial charge is 0.466 e. The highest BCUT2D eigenvalue weighted by atomic mass is 16.5. The third kappa shape index (κ3) is 6.36. The smallest absolute Gasteiger partial charge is 0.305 e. The molecule has 1 saturated heterocycles. The topological polar surface area (TPSA) is 41.6 Å². The molecule has 1 fully saturated rings. The van der Waals surface area contributed by atoms with Crippen LogP contribution in [0.25, 0.3) is 0 Å². The van der Waals surface area contributed by atoms with Gasteiger partial charge in [0.25, 0.3) is 0 Å². The average molecular weight is 256 g/mol. The summed E-state index contributed by atoms with van der Waals surface area (Å²) in [5, 5.41) is 3.57. The molecular weight excluding hydrogens is 228 g/mol. The Morgan fingerprint density at radius 2 is 2.17 bits per heavy atom. The monoisotopic (exact) mass is 256 g/mol. The van der Waals surface area contributed by atoms with E-state index in [1.807, 2.05) is 6.92 Å². The van der Waals surface area contributed by atoms with Gasteiger partial charge in [-0.2, -0.15) is 0 Å². The molecule has 4 nitrogen and oxygen atoms in total. The summed E-state index contributed by atoms with van der Waals surface area (Å²) < 4.78 is 4.91. The molecule has 1 unspecified atom stereocenters. The second-order valence-corrected chi connectivity index (χ2v) is 4.92. The third-order valence-electron chi connectivity index (χ3n) is 3.56. The van der Waals surface area contributed by atoms with Crippen LogP contribution in [0.3, 0.4) is 0 Å².